The molecule has 0 aliphatic carbocycles. The summed E-state index contributed by atoms with van der Waals surface area (Å²) in [5.41, 5.74) is 2.13. The van der Waals surface area contributed by atoms with Crippen molar-refractivity contribution in [2.45, 2.75) is 13.5 Å². The van der Waals surface area contributed by atoms with Crippen molar-refractivity contribution in [1.29, 1.82) is 0 Å². The number of carbonyl (C=O) groups is 1. The van der Waals surface area contributed by atoms with Gasteiger partial charge in [-0.2, -0.15) is 0 Å². The lowest BCUT2D eigenvalue weighted by Gasteiger charge is -2.22. The Morgan fingerprint density at radius 3 is 2.43 bits per heavy atom. The van der Waals surface area contributed by atoms with Gasteiger partial charge in [0, 0.05) is 11.6 Å². The van der Waals surface area contributed by atoms with E-state index in [9.17, 15) is 13.2 Å². The maximum Gasteiger partial charge on any atom is 0.241 e. The van der Waals surface area contributed by atoms with Gasteiger partial charge in [-0.1, -0.05) is 54.1 Å². The van der Waals surface area contributed by atoms with Crippen LogP contribution in [0.25, 0.3) is 10.8 Å². The minimum atomic E-state index is -3.64. The zero-order valence-corrected chi connectivity index (χ0v) is 17.2. The normalized spacial score (nSPS) is 11.4. The van der Waals surface area contributed by atoms with E-state index >= 15 is 0 Å². The van der Waals surface area contributed by atoms with Gasteiger partial charge in [0.15, 0.2) is 0 Å². The van der Waals surface area contributed by atoms with Crippen molar-refractivity contribution in [3.05, 3.63) is 76.8 Å². The summed E-state index contributed by atoms with van der Waals surface area (Å²) in [5, 5.41) is 5.44. The summed E-state index contributed by atoms with van der Waals surface area (Å²) in [6.45, 7) is 1.83. The molecular weight excluding hydrogens is 396 g/mol. The molecule has 3 rings (SSSR count). The van der Waals surface area contributed by atoms with Crippen LogP contribution in [0.15, 0.2) is 60.7 Å². The number of anilines is 1. The molecule has 28 heavy (non-hydrogen) atoms. The van der Waals surface area contributed by atoms with Crippen molar-refractivity contribution >= 4 is 44.0 Å². The largest absolute Gasteiger partial charge is 0.350 e. The van der Waals surface area contributed by atoms with Gasteiger partial charge in [-0.05, 0) is 47.0 Å². The smallest absolute Gasteiger partial charge is 0.241 e. The molecule has 1 amide bonds. The van der Waals surface area contributed by atoms with Crippen LogP contribution in [-0.4, -0.2) is 27.1 Å². The number of sulfonamides is 1. The number of carbonyl (C=O) groups excluding carboxylic acids is 1. The number of halogens is 1. The molecule has 0 atom stereocenters. The van der Waals surface area contributed by atoms with Crippen molar-refractivity contribution in [2.75, 3.05) is 17.1 Å². The summed E-state index contributed by atoms with van der Waals surface area (Å²) >= 11 is 6.11. The van der Waals surface area contributed by atoms with E-state index in [1.54, 1.807) is 18.2 Å². The minimum absolute atomic E-state index is 0.314. The zero-order valence-electron chi connectivity index (χ0n) is 15.6. The Labute approximate surface area is 170 Å². The predicted molar refractivity (Wildman–Crippen MR) is 114 cm³/mol. The fourth-order valence-corrected chi connectivity index (χ4v) is 3.90. The fourth-order valence-electron chi connectivity index (χ4n) is 2.87. The maximum absolute atomic E-state index is 12.4. The van der Waals surface area contributed by atoms with Crippen LogP contribution in [0.1, 0.15) is 11.1 Å². The summed E-state index contributed by atoms with van der Waals surface area (Å²) in [7, 11) is -3.64. The van der Waals surface area contributed by atoms with Crippen LogP contribution in [0.3, 0.4) is 0 Å². The first kappa shape index (κ1) is 20.2. The first-order valence-electron chi connectivity index (χ1n) is 8.72. The monoisotopic (exact) mass is 416 g/mol. The number of hydrogen-bond donors (Lipinski definition) is 1. The highest BCUT2D eigenvalue weighted by atomic mass is 35.5. The summed E-state index contributed by atoms with van der Waals surface area (Å²) in [4.78, 5) is 12.4. The number of nitrogens with zero attached hydrogens (tertiary/aromatic N) is 1. The number of amides is 1. The van der Waals surface area contributed by atoms with Gasteiger partial charge in [0.25, 0.3) is 0 Å². The summed E-state index contributed by atoms with van der Waals surface area (Å²) in [6, 6.07) is 18.8. The number of rotatable bonds is 6. The Morgan fingerprint density at radius 1 is 1.04 bits per heavy atom. The van der Waals surface area contributed by atoms with Crippen LogP contribution in [-0.2, 0) is 21.4 Å². The van der Waals surface area contributed by atoms with E-state index in [-0.39, 0.29) is 6.54 Å². The van der Waals surface area contributed by atoms with Crippen LogP contribution >= 0.6 is 11.6 Å². The van der Waals surface area contributed by atoms with Gasteiger partial charge in [0.1, 0.15) is 6.54 Å². The van der Waals surface area contributed by atoms with Gasteiger partial charge in [0.05, 0.1) is 11.9 Å². The van der Waals surface area contributed by atoms with Crippen molar-refractivity contribution in [2.24, 2.45) is 0 Å². The summed E-state index contributed by atoms with van der Waals surface area (Å²) in [6.07, 6.45) is 1.07. The number of benzene rings is 3. The Hall–Kier alpha value is -2.57. The molecule has 146 valence electrons. The molecule has 0 saturated heterocycles. The molecule has 1 N–H and O–H groups in total. The van der Waals surface area contributed by atoms with Crippen molar-refractivity contribution in [3.63, 3.8) is 0 Å². The van der Waals surface area contributed by atoms with Gasteiger partial charge in [0.2, 0.25) is 15.9 Å². The molecule has 0 bridgehead atoms. The summed E-state index contributed by atoms with van der Waals surface area (Å²) < 4.78 is 25.4. The van der Waals surface area contributed by atoms with Crippen molar-refractivity contribution < 1.29 is 13.2 Å². The van der Waals surface area contributed by atoms with E-state index in [0.717, 1.165) is 32.5 Å². The molecule has 0 aliphatic rings. The van der Waals surface area contributed by atoms with Gasteiger partial charge < -0.3 is 5.32 Å². The molecule has 3 aromatic rings. The number of fused-ring (bicyclic) bond motifs is 1. The highest BCUT2D eigenvalue weighted by molar-refractivity contribution is 7.92. The van der Waals surface area contributed by atoms with E-state index in [2.05, 4.69) is 5.32 Å². The Morgan fingerprint density at radius 2 is 1.75 bits per heavy atom. The standard InChI is InChI=1S/C21H21ClN2O3S/c1-15-7-10-19(12-20(15)22)24(28(2,26)27)14-21(25)23-13-16-8-9-17-5-3-4-6-18(17)11-16/h3-12H,13-14H2,1-2H3,(H,23,25). The SMILES string of the molecule is Cc1ccc(N(CC(=O)NCc2ccc3ccccc3c2)S(C)(=O)=O)cc1Cl. The van der Waals surface area contributed by atoms with E-state index < -0.39 is 15.9 Å². The number of nitrogens with one attached hydrogen (secondary N) is 1. The molecule has 0 fully saturated rings. The second-order valence-electron chi connectivity index (χ2n) is 6.66. The third-order valence-corrected chi connectivity index (χ3v) is 5.98. The van der Waals surface area contributed by atoms with E-state index in [1.165, 1.54) is 0 Å². The molecule has 5 nitrogen and oxygen atoms in total. The van der Waals surface area contributed by atoms with E-state index in [4.69, 9.17) is 11.6 Å². The molecule has 7 heteroatoms. The van der Waals surface area contributed by atoms with Gasteiger partial charge in [-0.25, -0.2) is 8.42 Å². The van der Waals surface area contributed by atoms with Gasteiger partial charge in [-0.3, -0.25) is 9.10 Å². The second-order valence-corrected chi connectivity index (χ2v) is 8.98. The Bertz CT molecular complexity index is 1130. The lowest BCUT2D eigenvalue weighted by molar-refractivity contribution is -0.119. The molecule has 3 aromatic carbocycles. The lowest BCUT2D eigenvalue weighted by Crippen LogP contribution is -2.40. The molecule has 0 heterocycles. The first-order valence-corrected chi connectivity index (χ1v) is 10.9. The van der Waals surface area contributed by atoms with Crippen LogP contribution in [0.5, 0.6) is 0 Å². The molecule has 0 spiro atoms. The average Bonchev–Trinajstić information content (AvgIpc) is 2.65. The maximum atomic E-state index is 12.4. The molecule has 0 saturated carbocycles. The summed E-state index contributed by atoms with van der Waals surface area (Å²) in [5.74, 6) is -0.393. The van der Waals surface area contributed by atoms with Crippen LogP contribution < -0.4 is 9.62 Å². The first-order chi connectivity index (χ1) is 13.2. The predicted octanol–water partition coefficient (Wildman–Crippen LogP) is 3.88. The van der Waals surface area contributed by atoms with Crippen LogP contribution in [0.4, 0.5) is 5.69 Å². The topological polar surface area (TPSA) is 66.5 Å². The number of hydrogen-bond acceptors (Lipinski definition) is 3. The second kappa shape index (κ2) is 8.20. The third kappa shape index (κ3) is 4.82. The average molecular weight is 417 g/mol. The minimum Gasteiger partial charge on any atom is -0.350 e. The van der Waals surface area contributed by atoms with Gasteiger partial charge in [-0.15, -0.1) is 0 Å². The molecule has 0 radical (unpaired) electrons. The molecule has 0 unspecified atom stereocenters. The number of aryl methyl sites for hydroxylation is 1. The van der Waals surface area contributed by atoms with Gasteiger partial charge >= 0.3 is 0 Å². The van der Waals surface area contributed by atoms with Crippen LogP contribution in [0, 0.1) is 6.92 Å². The Kier molecular flexibility index (Phi) is 5.91. The highest BCUT2D eigenvalue weighted by Crippen LogP contribution is 2.24. The lowest BCUT2D eigenvalue weighted by atomic mass is 10.1. The molecule has 0 aliphatic heterocycles. The molecular formula is C21H21ClN2O3S. The van der Waals surface area contributed by atoms with Crippen molar-refractivity contribution in [3.8, 4) is 0 Å². The molecule has 0 aromatic heterocycles. The quantitative estimate of drug-likeness (QED) is 0.663. The van der Waals surface area contributed by atoms with Crippen LogP contribution in [0.2, 0.25) is 5.02 Å². The Balaban J connectivity index is 1.72. The zero-order chi connectivity index (χ0) is 20.3. The third-order valence-electron chi connectivity index (χ3n) is 4.43. The van der Waals surface area contributed by atoms with E-state index in [0.29, 0.717) is 17.3 Å². The fraction of sp³-hybridized carbons (Fsp3) is 0.190. The van der Waals surface area contributed by atoms with Crippen molar-refractivity contribution in [1.82, 2.24) is 5.32 Å². The highest BCUT2D eigenvalue weighted by Gasteiger charge is 2.21. The van der Waals surface area contributed by atoms with E-state index in [1.807, 2.05) is 49.4 Å².